The van der Waals surface area contributed by atoms with Crippen molar-refractivity contribution in [3.8, 4) is 18.4 Å². The maximum absolute atomic E-state index is 12.0. The molecule has 0 saturated carbocycles. The maximum Gasteiger partial charge on any atom is 0.266 e. The molecule has 4 nitrogen and oxygen atoms in total. The van der Waals surface area contributed by atoms with Crippen LogP contribution in [0.5, 0.6) is 0 Å². The standard InChI is InChI=1S/C14H8ClN3O/c1-2-12-5-11(6-16)9-18(14(12)19)8-10-3-4-13(15)17-7-10/h1,3-5,7,9H,8H2. The third kappa shape index (κ3) is 2.82. The minimum absolute atomic E-state index is 0.168. The van der Waals surface area contributed by atoms with E-state index in [9.17, 15) is 4.79 Å². The summed E-state index contributed by atoms with van der Waals surface area (Å²) in [5.41, 5.74) is 0.997. The summed E-state index contributed by atoms with van der Waals surface area (Å²) in [6.07, 6.45) is 8.30. The van der Waals surface area contributed by atoms with Gasteiger partial charge in [-0.05, 0) is 17.7 Å². The maximum atomic E-state index is 12.0. The van der Waals surface area contributed by atoms with Gasteiger partial charge in [0.25, 0.3) is 5.56 Å². The first kappa shape index (κ1) is 12.9. The summed E-state index contributed by atoms with van der Waals surface area (Å²) in [6, 6.07) is 6.77. The average Bonchev–Trinajstić information content (AvgIpc) is 2.43. The van der Waals surface area contributed by atoms with Crippen LogP contribution in [0.1, 0.15) is 16.7 Å². The predicted octanol–water partition coefficient (Wildman–Crippen LogP) is 1.80. The summed E-state index contributed by atoms with van der Waals surface area (Å²) < 4.78 is 1.39. The Labute approximate surface area is 114 Å². The number of pyridine rings is 2. The monoisotopic (exact) mass is 269 g/mol. The van der Waals surface area contributed by atoms with Crippen LogP contribution in [0.3, 0.4) is 0 Å². The van der Waals surface area contributed by atoms with Gasteiger partial charge in [-0.1, -0.05) is 23.6 Å². The van der Waals surface area contributed by atoms with Crippen molar-refractivity contribution in [1.82, 2.24) is 9.55 Å². The molecule has 19 heavy (non-hydrogen) atoms. The molecule has 0 aliphatic heterocycles. The summed E-state index contributed by atoms with van der Waals surface area (Å²) in [4.78, 5) is 15.9. The van der Waals surface area contributed by atoms with Gasteiger partial charge >= 0.3 is 0 Å². The van der Waals surface area contributed by atoms with Gasteiger partial charge in [0, 0.05) is 12.4 Å². The Morgan fingerprint density at radius 1 is 1.47 bits per heavy atom. The first-order valence-corrected chi connectivity index (χ1v) is 5.73. The van der Waals surface area contributed by atoms with Crippen molar-refractivity contribution in [2.45, 2.75) is 6.54 Å². The molecule has 0 N–H and O–H groups in total. The Morgan fingerprint density at radius 2 is 2.26 bits per heavy atom. The van der Waals surface area contributed by atoms with Crippen LogP contribution in [0, 0.1) is 23.7 Å². The lowest BCUT2D eigenvalue weighted by Gasteiger charge is -2.07. The second-order valence-electron chi connectivity index (χ2n) is 3.82. The van der Waals surface area contributed by atoms with E-state index < -0.39 is 0 Å². The van der Waals surface area contributed by atoms with Crippen molar-refractivity contribution >= 4 is 11.6 Å². The Balaban J connectivity index is 2.46. The molecule has 0 radical (unpaired) electrons. The van der Waals surface area contributed by atoms with Crippen LogP contribution in [0.4, 0.5) is 0 Å². The zero-order valence-corrected chi connectivity index (χ0v) is 10.6. The molecule has 5 heteroatoms. The fourth-order valence-electron chi connectivity index (χ4n) is 1.61. The van der Waals surface area contributed by atoms with Crippen LogP contribution in [-0.2, 0) is 6.54 Å². The molecule has 0 spiro atoms. The Hall–Kier alpha value is -2.56. The third-order valence-electron chi connectivity index (χ3n) is 2.51. The van der Waals surface area contributed by atoms with Gasteiger partial charge in [-0.3, -0.25) is 4.79 Å². The Kier molecular flexibility index (Phi) is 3.66. The van der Waals surface area contributed by atoms with E-state index in [1.807, 2.05) is 6.07 Å². The molecule has 92 valence electrons. The number of nitrogens with zero attached hydrogens (tertiary/aromatic N) is 3. The van der Waals surface area contributed by atoms with Gasteiger partial charge in [0.2, 0.25) is 0 Å². The molecular formula is C14H8ClN3O. The highest BCUT2D eigenvalue weighted by Crippen LogP contribution is 2.07. The zero-order chi connectivity index (χ0) is 13.8. The van der Waals surface area contributed by atoms with Crippen molar-refractivity contribution in [3.05, 3.63) is 62.8 Å². The van der Waals surface area contributed by atoms with E-state index in [1.165, 1.54) is 16.8 Å². The number of aromatic nitrogens is 2. The molecular weight excluding hydrogens is 262 g/mol. The van der Waals surface area contributed by atoms with Gasteiger partial charge in [0.05, 0.1) is 17.7 Å². The van der Waals surface area contributed by atoms with Crippen LogP contribution in [-0.4, -0.2) is 9.55 Å². The predicted molar refractivity (Wildman–Crippen MR) is 71.7 cm³/mol. The molecule has 0 fully saturated rings. The molecule has 2 rings (SSSR count). The lowest BCUT2D eigenvalue weighted by molar-refractivity contribution is 0.752. The first-order valence-electron chi connectivity index (χ1n) is 5.35. The van der Waals surface area contributed by atoms with E-state index >= 15 is 0 Å². The number of terminal acetylenes is 1. The van der Waals surface area contributed by atoms with Gasteiger partial charge in [-0.15, -0.1) is 6.42 Å². The summed E-state index contributed by atoms with van der Waals surface area (Å²) >= 11 is 5.69. The smallest absolute Gasteiger partial charge is 0.266 e. The average molecular weight is 270 g/mol. The van der Waals surface area contributed by atoms with E-state index in [-0.39, 0.29) is 17.7 Å². The van der Waals surface area contributed by atoms with Crippen molar-refractivity contribution in [3.63, 3.8) is 0 Å². The zero-order valence-electron chi connectivity index (χ0n) is 9.80. The minimum Gasteiger partial charge on any atom is -0.309 e. The molecule has 0 aliphatic carbocycles. The van der Waals surface area contributed by atoms with Gasteiger partial charge in [0.1, 0.15) is 11.2 Å². The van der Waals surface area contributed by atoms with Crippen LogP contribution in [0.2, 0.25) is 5.15 Å². The van der Waals surface area contributed by atoms with Crippen LogP contribution in [0.25, 0.3) is 0 Å². The summed E-state index contributed by atoms with van der Waals surface area (Å²) in [6.45, 7) is 0.285. The summed E-state index contributed by atoms with van der Waals surface area (Å²) in [5, 5.41) is 9.29. The van der Waals surface area contributed by atoms with Crippen LogP contribution >= 0.6 is 11.6 Å². The summed E-state index contributed by atoms with van der Waals surface area (Å²) in [7, 11) is 0. The fourth-order valence-corrected chi connectivity index (χ4v) is 1.73. The Bertz CT molecular complexity index is 748. The molecule has 2 heterocycles. The van der Waals surface area contributed by atoms with E-state index in [2.05, 4.69) is 10.9 Å². The molecule has 0 saturated heterocycles. The van der Waals surface area contributed by atoms with E-state index in [4.69, 9.17) is 23.3 Å². The van der Waals surface area contributed by atoms with Gasteiger partial charge < -0.3 is 4.57 Å². The SMILES string of the molecule is C#Cc1cc(C#N)cn(Cc2ccc(Cl)nc2)c1=O. The summed E-state index contributed by atoms with van der Waals surface area (Å²) in [5.74, 6) is 2.28. The van der Waals surface area contributed by atoms with Crippen LogP contribution in [0.15, 0.2) is 35.4 Å². The number of halogens is 1. The minimum atomic E-state index is -0.309. The second kappa shape index (κ2) is 5.39. The van der Waals surface area contributed by atoms with E-state index in [0.29, 0.717) is 10.7 Å². The molecule has 2 aromatic rings. The van der Waals surface area contributed by atoms with Crippen LogP contribution < -0.4 is 5.56 Å². The van der Waals surface area contributed by atoms with E-state index in [0.717, 1.165) is 5.56 Å². The second-order valence-corrected chi connectivity index (χ2v) is 4.21. The van der Waals surface area contributed by atoms with Crippen molar-refractivity contribution < 1.29 is 0 Å². The lowest BCUT2D eigenvalue weighted by Crippen LogP contribution is -2.23. The number of rotatable bonds is 2. The van der Waals surface area contributed by atoms with Gasteiger partial charge in [-0.2, -0.15) is 5.26 Å². The lowest BCUT2D eigenvalue weighted by atomic mass is 10.2. The van der Waals surface area contributed by atoms with Crippen molar-refractivity contribution in [1.29, 1.82) is 5.26 Å². The number of hydrogen-bond acceptors (Lipinski definition) is 3. The van der Waals surface area contributed by atoms with E-state index in [1.54, 1.807) is 18.3 Å². The normalized spacial score (nSPS) is 9.63. The molecule has 0 aliphatic rings. The topological polar surface area (TPSA) is 58.7 Å². The highest BCUT2D eigenvalue weighted by Gasteiger charge is 2.06. The number of nitriles is 1. The van der Waals surface area contributed by atoms with Gasteiger partial charge in [0.15, 0.2) is 0 Å². The molecule has 0 unspecified atom stereocenters. The van der Waals surface area contributed by atoms with Crippen molar-refractivity contribution in [2.24, 2.45) is 0 Å². The third-order valence-corrected chi connectivity index (χ3v) is 2.74. The van der Waals surface area contributed by atoms with Gasteiger partial charge in [-0.25, -0.2) is 4.98 Å². The Morgan fingerprint density at radius 3 is 2.84 bits per heavy atom. The quantitative estimate of drug-likeness (QED) is 0.617. The molecule has 0 amide bonds. The van der Waals surface area contributed by atoms with Crippen molar-refractivity contribution in [2.75, 3.05) is 0 Å². The molecule has 0 bridgehead atoms. The fraction of sp³-hybridized carbons (Fsp3) is 0.0714. The molecule has 0 aromatic carbocycles. The highest BCUT2D eigenvalue weighted by atomic mass is 35.5. The largest absolute Gasteiger partial charge is 0.309 e. The molecule has 0 atom stereocenters. The number of hydrogen-bond donors (Lipinski definition) is 0. The first-order chi connectivity index (χ1) is 9.13. The molecule has 2 aromatic heterocycles. The highest BCUT2D eigenvalue weighted by molar-refractivity contribution is 6.29.